The normalized spacial score (nSPS) is 10.1. The molecule has 7 heteroatoms. The molecule has 0 amide bonds. The topological polar surface area (TPSA) is 94.5 Å². The van der Waals surface area contributed by atoms with Crippen molar-refractivity contribution < 1.29 is 0 Å². The number of aromatic nitrogens is 5. The molecule has 0 aliphatic rings. The van der Waals surface area contributed by atoms with Crippen LogP contribution in [0, 0.1) is 0 Å². The lowest BCUT2D eigenvalue weighted by Crippen LogP contribution is -2.10. The SMILES string of the molecule is Cn1ncc(-c2nccnc2NN)n1. The van der Waals surface area contributed by atoms with Gasteiger partial charge >= 0.3 is 0 Å². The maximum atomic E-state index is 5.29. The summed E-state index contributed by atoms with van der Waals surface area (Å²) in [5.74, 6) is 5.77. The predicted molar refractivity (Wildman–Crippen MR) is 49.8 cm³/mol. The summed E-state index contributed by atoms with van der Waals surface area (Å²) in [6.07, 6.45) is 4.73. The molecule has 14 heavy (non-hydrogen) atoms. The van der Waals surface area contributed by atoms with Crippen molar-refractivity contribution in [2.45, 2.75) is 0 Å². The second-order valence-electron chi connectivity index (χ2n) is 2.62. The number of hydrazine groups is 1. The molecule has 2 rings (SSSR count). The molecule has 0 aliphatic carbocycles. The summed E-state index contributed by atoms with van der Waals surface area (Å²) in [6.45, 7) is 0. The van der Waals surface area contributed by atoms with Crippen LogP contribution >= 0.6 is 0 Å². The molecular weight excluding hydrogens is 182 g/mol. The second-order valence-corrected chi connectivity index (χ2v) is 2.62. The van der Waals surface area contributed by atoms with Gasteiger partial charge in [0, 0.05) is 19.4 Å². The lowest BCUT2D eigenvalue weighted by Gasteiger charge is -2.01. The molecule has 0 aromatic carbocycles. The molecule has 0 radical (unpaired) electrons. The number of nitrogens with one attached hydrogen (secondary N) is 1. The molecule has 0 unspecified atom stereocenters. The van der Waals surface area contributed by atoms with Crippen molar-refractivity contribution in [3.63, 3.8) is 0 Å². The third-order valence-electron chi connectivity index (χ3n) is 1.68. The van der Waals surface area contributed by atoms with E-state index >= 15 is 0 Å². The van der Waals surface area contributed by atoms with Gasteiger partial charge in [0.2, 0.25) is 0 Å². The Morgan fingerprint density at radius 2 is 2.14 bits per heavy atom. The van der Waals surface area contributed by atoms with Gasteiger partial charge in [-0.2, -0.15) is 15.0 Å². The average Bonchev–Trinajstić information content (AvgIpc) is 2.65. The van der Waals surface area contributed by atoms with Crippen molar-refractivity contribution in [2.24, 2.45) is 12.9 Å². The fourth-order valence-corrected chi connectivity index (χ4v) is 1.09. The van der Waals surface area contributed by atoms with E-state index in [0.717, 1.165) is 0 Å². The highest BCUT2D eigenvalue weighted by molar-refractivity contribution is 5.66. The zero-order chi connectivity index (χ0) is 9.97. The Balaban J connectivity index is 2.50. The fraction of sp³-hybridized carbons (Fsp3) is 0.143. The molecule has 7 nitrogen and oxygen atoms in total. The first kappa shape index (κ1) is 8.57. The first-order valence-corrected chi connectivity index (χ1v) is 3.95. The third-order valence-corrected chi connectivity index (χ3v) is 1.68. The van der Waals surface area contributed by atoms with Gasteiger partial charge in [0.15, 0.2) is 5.82 Å². The Labute approximate surface area is 79.9 Å². The summed E-state index contributed by atoms with van der Waals surface area (Å²) >= 11 is 0. The van der Waals surface area contributed by atoms with E-state index in [4.69, 9.17) is 5.84 Å². The third kappa shape index (κ3) is 1.40. The Morgan fingerprint density at radius 1 is 1.36 bits per heavy atom. The highest BCUT2D eigenvalue weighted by Crippen LogP contribution is 2.18. The molecule has 0 fully saturated rings. The van der Waals surface area contributed by atoms with E-state index < -0.39 is 0 Å². The summed E-state index contributed by atoms with van der Waals surface area (Å²) in [4.78, 5) is 9.57. The van der Waals surface area contributed by atoms with E-state index in [2.05, 4.69) is 25.6 Å². The quantitative estimate of drug-likeness (QED) is 0.493. The number of nitrogens with two attached hydrogens (primary N) is 1. The summed E-state index contributed by atoms with van der Waals surface area (Å²) in [7, 11) is 1.73. The average molecular weight is 191 g/mol. The van der Waals surface area contributed by atoms with Crippen molar-refractivity contribution in [1.29, 1.82) is 0 Å². The Morgan fingerprint density at radius 3 is 2.79 bits per heavy atom. The van der Waals surface area contributed by atoms with Crippen LogP contribution in [0.1, 0.15) is 0 Å². The highest BCUT2D eigenvalue weighted by Gasteiger charge is 2.09. The largest absolute Gasteiger partial charge is 0.307 e. The van der Waals surface area contributed by atoms with E-state index in [0.29, 0.717) is 17.2 Å². The second kappa shape index (κ2) is 3.38. The Bertz CT molecular complexity index is 435. The molecule has 0 atom stereocenters. The maximum Gasteiger partial charge on any atom is 0.168 e. The standard InChI is InChI=1S/C7H9N7/c1-14-11-4-5(13-14)6-7(12-8)10-3-2-9-6/h2-4H,8H2,1H3,(H,10,12). The van der Waals surface area contributed by atoms with Gasteiger partial charge in [0.25, 0.3) is 0 Å². The zero-order valence-electron chi connectivity index (χ0n) is 7.55. The molecule has 2 aromatic rings. The van der Waals surface area contributed by atoms with Crippen molar-refractivity contribution in [2.75, 3.05) is 5.43 Å². The van der Waals surface area contributed by atoms with Crippen LogP contribution in [0.15, 0.2) is 18.6 Å². The van der Waals surface area contributed by atoms with E-state index in [1.165, 1.54) is 4.80 Å². The van der Waals surface area contributed by atoms with E-state index in [1.807, 2.05) is 0 Å². The van der Waals surface area contributed by atoms with Crippen molar-refractivity contribution >= 4 is 5.82 Å². The molecular formula is C7H9N7. The fourth-order valence-electron chi connectivity index (χ4n) is 1.09. The smallest absolute Gasteiger partial charge is 0.168 e. The summed E-state index contributed by atoms with van der Waals surface area (Å²) in [5.41, 5.74) is 3.67. The van der Waals surface area contributed by atoms with Gasteiger partial charge in [-0.1, -0.05) is 0 Å². The molecule has 3 N–H and O–H groups in total. The number of anilines is 1. The van der Waals surface area contributed by atoms with E-state index in [-0.39, 0.29) is 0 Å². The maximum absolute atomic E-state index is 5.29. The molecule has 0 aliphatic heterocycles. The molecule has 0 bridgehead atoms. The first-order valence-electron chi connectivity index (χ1n) is 3.95. The Kier molecular flexibility index (Phi) is 2.07. The van der Waals surface area contributed by atoms with Gasteiger partial charge in [-0.3, -0.25) is 0 Å². The van der Waals surface area contributed by atoms with E-state index in [1.54, 1.807) is 25.6 Å². The van der Waals surface area contributed by atoms with Gasteiger partial charge in [-0.15, -0.1) is 0 Å². The minimum absolute atomic E-state index is 0.480. The monoisotopic (exact) mass is 191 g/mol. The predicted octanol–water partition coefficient (Wildman–Crippen LogP) is -0.442. The van der Waals surface area contributed by atoms with Crippen LogP contribution in [0.4, 0.5) is 5.82 Å². The summed E-state index contributed by atoms with van der Waals surface area (Å²) in [5, 5.41) is 8.03. The highest BCUT2D eigenvalue weighted by atomic mass is 15.4. The lowest BCUT2D eigenvalue weighted by molar-refractivity contribution is 0.655. The van der Waals surface area contributed by atoms with Crippen LogP contribution < -0.4 is 11.3 Å². The van der Waals surface area contributed by atoms with Crippen LogP contribution in [0.3, 0.4) is 0 Å². The van der Waals surface area contributed by atoms with E-state index in [9.17, 15) is 0 Å². The van der Waals surface area contributed by atoms with Gasteiger partial charge in [-0.05, 0) is 0 Å². The van der Waals surface area contributed by atoms with Gasteiger partial charge in [0.05, 0.1) is 6.20 Å². The van der Waals surface area contributed by atoms with Crippen molar-refractivity contribution in [1.82, 2.24) is 25.0 Å². The molecule has 0 saturated carbocycles. The number of rotatable bonds is 2. The van der Waals surface area contributed by atoms with Crippen LogP contribution in [-0.2, 0) is 7.05 Å². The van der Waals surface area contributed by atoms with Crippen LogP contribution in [-0.4, -0.2) is 25.0 Å². The number of nitrogen functional groups attached to an aromatic ring is 1. The molecule has 72 valence electrons. The minimum atomic E-state index is 0.480. The summed E-state index contributed by atoms with van der Waals surface area (Å²) < 4.78 is 0. The van der Waals surface area contributed by atoms with Gasteiger partial charge in [-0.25, -0.2) is 15.8 Å². The van der Waals surface area contributed by atoms with Crippen LogP contribution in [0.25, 0.3) is 11.4 Å². The number of hydrogen-bond donors (Lipinski definition) is 2. The minimum Gasteiger partial charge on any atom is -0.307 e. The summed E-state index contributed by atoms with van der Waals surface area (Å²) in [6, 6.07) is 0. The number of hydrogen-bond acceptors (Lipinski definition) is 6. The molecule has 2 aromatic heterocycles. The van der Waals surface area contributed by atoms with Crippen molar-refractivity contribution in [3.8, 4) is 11.4 Å². The van der Waals surface area contributed by atoms with Crippen LogP contribution in [0.5, 0.6) is 0 Å². The van der Waals surface area contributed by atoms with Gasteiger partial charge < -0.3 is 5.43 Å². The molecule has 2 heterocycles. The number of nitrogens with zero attached hydrogens (tertiary/aromatic N) is 5. The van der Waals surface area contributed by atoms with Crippen LogP contribution in [0.2, 0.25) is 0 Å². The molecule has 0 spiro atoms. The first-order chi connectivity index (χ1) is 6.81. The zero-order valence-corrected chi connectivity index (χ0v) is 7.55. The van der Waals surface area contributed by atoms with Gasteiger partial charge in [0.1, 0.15) is 11.4 Å². The Hall–Kier alpha value is -2.02. The number of aryl methyl sites for hydroxylation is 1. The lowest BCUT2D eigenvalue weighted by atomic mass is 10.3. The van der Waals surface area contributed by atoms with Crippen molar-refractivity contribution in [3.05, 3.63) is 18.6 Å². The molecule has 0 saturated heterocycles.